The number of aliphatic hydroxyl groups excluding tert-OH is 1. The first-order chi connectivity index (χ1) is 10.4. The summed E-state index contributed by atoms with van der Waals surface area (Å²) in [5.74, 6) is 0.951. The molecule has 0 amide bonds. The molecule has 0 saturated carbocycles. The molecule has 0 aromatic carbocycles. The summed E-state index contributed by atoms with van der Waals surface area (Å²) in [6.45, 7) is 11.5. The van der Waals surface area contributed by atoms with Crippen molar-refractivity contribution in [3.05, 3.63) is 24.3 Å². The molecular weight excluding hydrogens is 323 g/mol. The van der Waals surface area contributed by atoms with E-state index in [2.05, 4.69) is 47.7 Å². The minimum atomic E-state index is 0.476. The van der Waals surface area contributed by atoms with Crippen LogP contribution in [0.4, 0.5) is 0 Å². The van der Waals surface area contributed by atoms with E-state index in [9.17, 15) is 0 Å². The topological polar surface area (TPSA) is 50.8 Å². The molecule has 0 radical (unpaired) electrons. The van der Waals surface area contributed by atoms with Crippen molar-refractivity contribution in [2.75, 3.05) is 73.5 Å². The second-order valence-corrected chi connectivity index (χ2v) is 5.36. The van der Waals surface area contributed by atoms with E-state index in [0.29, 0.717) is 11.8 Å². The Bertz CT molecular complexity index is 246. The van der Waals surface area contributed by atoms with Crippen LogP contribution in [0.1, 0.15) is 0 Å². The molecule has 1 aliphatic rings. The largest absolute Gasteiger partial charge is 0.400 e. The van der Waals surface area contributed by atoms with E-state index in [-0.39, 0.29) is 0 Å². The van der Waals surface area contributed by atoms with Crippen molar-refractivity contribution in [2.45, 2.75) is 0 Å². The lowest BCUT2D eigenvalue weighted by Gasteiger charge is -2.31. The summed E-state index contributed by atoms with van der Waals surface area (Å²) in [5.41, 5.74) is 2.18. The number of allylic oxidation sites excluding steroid dienone is 1. The van der Waals surface area contributed by atoms with Gasteiger partial charge >= 0.3 is 0 Å². The van der Waals surface area contributed by atoms with E-state index in [4.69, 9.17) is 28.3 Å². The van der Waals surface area contributed by atoms with E-state index >= 15 is 0 Å². The molecule has 1 fully saturated rings. The minimum absolute atomic E-state index is 0.476. The molecule has 0 aliphatic carbocycles. The second-order valence-electron chi connectivity index (χ2n) is 4.82. The van der Waals surface area contributed by atoms with Crippen LogP contribution < -0.4 is 10.6 Å². The Balaban J connectivity index is -0.000000245. The summed E-state index contributed by atoms with van der Waals surface area (Å²) in [6, 6.07) is 0. The van der Waals surface area contributed by atoms with Gasteiger partial charge in [-0.05, 0) is 39.3 Å². The van der Waals surface area contributed by atoms with Crippen molar-refractivity contribution in [1.82, 2.24) is 20.4 Å². The van der Waals surface area contributed by atoms with Crippen LogP contribution in [0.5, 0.6) is 0 Å². The molecular formula is C15H34Cl2N4O. The fourth-order valence-electron chi connectivity index (χ4n) is 1.54. The fourth-order valence-corrected chi connectivity index (χ4v) is 1.82. The van der Waals surface area contributed by atoms with Crippen molar-refractivity contribution in [3.8, 4) is 0 Å². The summed E-state index contributed by atoms with van der Waals surface area (Å²) < 4.78 is 0. The van der Waals surface area contributed by atoms with Crippen molar-refractivity contribution in [3.63, 3.8) is 0 Å². The second kappa shape index (κ2) is 20.9. The number of nitrogens with zero attached hydrogens (tertiary/aromatic N) is 2. The minimum Gasteiger partial charge on any atom is -0.400 e. The maximum Gasteiger partial charge on any atom is 0.0506 e. The van der Waals surface area contributed by atoms with E-state index in [1.54, 1.807) is 0 Å². The predicted molar refractivity (Wildman–Crippen MR) is 101 cm³/mol. The van der Waals surface area contributed by atoms with Crippen molar-refractivity contribution < 1.29 is 5.11 Å². The van der Waals surface area contributed by atoms with Gasteiger partial charge in [-0.15, -0.1) is 23.2 Å². The third-order valence-corrected chi connectivity index (χ3v) is 2.96. The van der Waals surface area contributed by atoms with Gasteiger partial charge in [-0.1, -0.05) is 13.2 Å². The van der Waals surface area contributed by atoms with Gasteiger partial charge in [-0.3, -0.25) is 9.80 Å². The first kappa shape index (κ1) is 26.7. The van der Waals surface area contributed by atoms with E-state index in [0.717, 1.165) is 39.1 Å². The number of hydrogen-bond acceptors (Lipinski definition) is 5. The lowest BCUT2D eigenvalue weighted by Crippen LogP contribution is -2.41. The third kappa shape index (κ3) is 22.1. The Morgan fingerprint density at radius 3 is 1.59 bits per heavy atom. The molecule has 1 heterocycles. The van der Waals surface area contributed by atoms with E-state index < -0.39 is 0 Å². The van der Waals surface area contributed by atoms with Crippen molar-refractivity contribution >= 4 is 23.2 Å². The van der Waals surface area contributed by atoms with Gasteiger partial charge in [0.1, 0.15) is 0 Å². The van der Waals surface area contributed by atoms with Crippen LogP contribution >= 0.6 is 23.2 Å². The van der Waals surface area contributed by atoms with Crippen LogP contribution in [0.25, 0.3) is 0 Å². The molecule has 1 saturated heterocycles. The Hall–Kier alpha value is -0.140. The Morgan fingerprint density at radius 1 is 1.09 bits per heavy atom. The van der Waals surface area contributed by atoms with Crippen LogP contribution in [0.2, 0.25) is 0 Å². The lowest BCUT2D eigenvalue weighted by molar-refractivity contribution is 0.169. The molecule has 134 valence electrons. The van der Waals surface area contributed by atoms with Gasteiger partial charge < -0.3 is 15.7 Å². The number of rotatable bonds is 4. The van der Waals surface area contributed by atoms with Gasteiger partial charge in [0.2, 0.25) is 0 Å². The molecule has 3 N–H and O–H groups in total. The first-order valence-electron chi connectivity index (χ1n) is 6.97. The van der Waals surface area contributed by atoms with Gasteiger partial charge in [-0.2, -0.15) is 0 Å². The van der Waals surface area contributed by atoms with Gasteiger partial charge in [0, 0.05) is 38.6 Å². The Kier molecular flexibility index (Phi) is 25.4. The van der Waals surface area contributed by atoms with Crippen LogP contribution in [0, 0.1) is 0 Å². The quantitative estimate of drug-likeness (QED) is 0.403. The molecule has 0 unspecified atom stereocenters. The summed E-state index contributed by atoms with van der Waals surface area (Å²) in [6.07, 6.45) is 0. The molecule has 1 aliphatic heterocycles. The van der Waals surface area contributed by atoms with E-state index in [1.807, 2.05) is 14.1 Å². The summed E-state index contributed by atoms with van der Waals surface area (Å²) >= 11 is 10.5. The van der Waals surface area contributed by atoms with Crippen molar-refractivity contribution in [2.24, 2.45) is 0 Å². The molecule has 5 nitrogen and oxygen atoms in total. The third-order valence-electron chi connectivity index (χ3n) is 2.20. The molecule has 0 aromatic rings. The molecule has 22 heavy (non-hydrogen) atoms. The molecule has 7 heteroatoms. The number of nitrogens with one attached hydrogen (secondary N) is 2. The summed E-state index contributed by atoms with van der Waals surface area (Å²) in [4.78, 5) is 4.51. The zero-order chi connectivity index (χ0) is 18.0. The van der Waals surface area contributed by atoms with Crippen LogP contribution in [-0.2, 0) is 0 Å². The average molecular weight is 357 g/mol. The monoisotopic (exact) mass is 356 g/mol. The van der Waals surface area contributed by atoms with Gasteiger partial charge in [0.15, 0.2) is 0 Å². The predicted octanol–water partition coefficient (Wildman–Crippen LogP) is 1.39. The fraction of sp³-hybridized carbons (Fsp3) is 0.733. The van der Waals surface area contributed by atoms with Crippen LogP contribution in [0.15, 0.2) is 24.3 Å². The summed E-state index contributed by atoms with van der Waals surface area (Å²) in [7, 11) is 9.02. The average Bonchev–Trinajstić information content (AvgIpc) is 2.49. The zero-order valence-electron chi connectivity index (χ0n) is 14.8. The molecule has 0 spiro atoms. The van der Waals surface area contributed by atoms with Gasteiger partial charge in [0.05, 0.1) is 6.67 Å². The highest BCUT2D eigenvalue weighted by molar-refractivity contribution is 6.23. The molecule has 0 atom stereocenters. The smallest absolute Gasteiger partial charge is 0.0506 e. The Morgan fingerprint density at radius 2 is 1.45 bits per heavy atom. The van der Waals surface area contributed by atoms with Crippen molar-refractivity contribution in [1.29, 1.82) is 0 Å². The maximum atomic E-state index is 7.00. The highest BCUT2D eigenvalue weighted by atomic mass is 35.5. The van der Waals surface area contributed by atoms with Crippen LogP contribution in [-0.4, -0.2) is 88.4 Å². The Labute approximate surface area is 147 Å². The molecule has 0 aromatic heterocycles. The van der Waals surface area contributed by atoms with Gasteiger partial charge in [0.25, 0.3) is 0 Å². The number of alkyl halides is 2. The van der Waals surface area contributed by atoms with Crippen LogP contribution in [0.3, 0.4) is 0 Å². The lowest BCUT2D eigenvalue weighted by atomic mass is 10.2. The standard InChI is InChI=1S/C7H14N2.C4H6Cl2.C3H10N2.CH4O/c1-7-4-8(2)6-9(3)5-7;1-4(2-5)3-6;1-4-3-5-2;1-2/h1,4-6H2,2-3H3;1-3H2;4-5H,3H2,1-2H3;2H,1H3. The van der Waals surface area contributed by atoms with E-state index in [1.165, 1.54) is 5.57 Å². The number of aliphatic hydroxyl groups is 1. The summed E-state index contributed by atoms with van der Waals surface area (Å²) in [5, 5.41) is 12.8. The highest BCUT2D eigenvalue weighted by Gasteiger charge is 2.11. The van der Waals surface area contributed by atoms with Gasteiger partial charge in [-0.25, -0.2) is 0 Å². The highest BCUT2D eigenvalue weighted by Crippen LogP contribution is 2.04. The zero-order valence-corrected chi connectivity index (χ0v) is 16.3. The molecule has 1 rings (SSSR count). The molecule has 0 bridgehead atoms. The number of likely N-dealkylation sites (N-methyl/N-ethyl adjacent to an activating group) is 2. The maximum absolute atomic E-state index is 7.00. The number of halogens is 2. The first-order valence-corrected chi connectivity index (χ1v) is 8.04. The number of hydrogen-bond donors (Lipinski definition) is 3. The SMILES string of the molecule is C=C(CCl)CCl.C=C1CN(C)CN(C)C1.CNCNC.CO. The normalized spacial score (nSPS) is 14.6.